The maximum atomic E-state index is 5.42. The molecular weight excluding hydrogens is 176 g/mol. The van der Waals surface area contributed by atoms with Gasteiger partial charge in [0.15, 0.2) is 0 Å². The summed E-state index contributed by atoms with van der Waals surface area (Å²) in [5.41, 5.74) is 0. The maximum Gasteiger partial charge on any atom is 0.0762 e. The smallest absolute Gasteiger partial charge is 0.0762 e. The third kappa shape index (κ3) is 1.24. The van der Waals surface area contributed by atoms with E-state index in [0.717, 1.165) is 4.21 Å². The molecule has 0 fully saturated rings. The van der Waals surface area contributed by atoms with Gasteiger partial charge in [-0.25, -0.2) is 0 Å². The highest BCUT2D eigenvalue weighted by molar-refractivity contribution is 7.99. The third-order valence-corrected chi connectivity index (χ3v) is 3.19. The summed E-state index contributed by atoms with van der Waals surface area (Å²) in [7, 11) is 0. The Balaban J connectivity index is 2.69. The molecule has 2 nitrogen and oxygen atoms in total. The van der Waals surface area contributed by atoms with E-state index in [4.69, 9.17) is 5.14 Å². The molecule has 0 aliphatic carbocycles. The standard InChI is InChI=1S/C7H6N2S2/c8-11-7-3-5-1-2-9-4-6(5)10-7/h1-4H,8H2. The minimum Gasteiger partial charge on any atom is -0.273 e. The summed E-state index contributed by atoms with van der Waals surface area (Å²) in [6.07, 6.45) is 3.65. The molecule has 0 bridgehead atoms. The van der Waals surface area contributed by atoms with Gasteiger partial charge >= 0.3 is 0 Å². The van der Waals surface area contributed by atoms with E-state index in [1.54, 1.807) is 17.5 Å². The molecule has 4 heteroatoms. The summed E-state index contributed by atoms with van der Waals surface area (Å²) in [5, 5.41) is 6.64. The first-order chi connectivity index (χ1) is 5.40. The number of thiophene rings is 1. The van der Waals surface area contributed by atoms with Crippen LogP contribution in [0.15, 0.2) is 28.7 Å². The molecule has 0 aliphatic heterocycles. The van der Waals surface area contributed by atoms with E-state index in [-0.39, 0.29) is 0 Å². The molecule has 0 radical (unpaired) electrons. The molecule has 56 valence electrons. The van der Waals surface area contributed by atoms with E-state index in [9.17, 15) is 0 Å². The highest BCUT2D eigenvalue weighted by Crippen LogP contribution is 2.29. The van der Waals surface area contributed by atoms with Gasteiger partial charge in [-0.2, -0.15) is 0 Å². The van der Waals surface area contributed by atoms with E-state index in [2.05, 4.69) is 11.1 Å². The molecule has 0 aliphatic rings. The van der Waals surface area contributed by atoms with Crippen molar-refractivity contribution in [2.75, 3.05) is 0 Å². The number of hydrogen-bond acceptors (Lipinski definition) is 4. The van der Waals surface area contributed by atoms with Crippen LogP contribution in [0.4, 0.5) is 0 Å². The van der Waals surface area contributed by atoms with E-state index in [0.29, 0.717) is 0 Å². The molecule has 0 aromatic carbocycles. The Kier molecular flexibility index (Phi) is 1.81. The number of aromatic nitrogens is 1. The minimum atomic E-state index is 1.13. The van der Waals surface area contributed by atoms with Crippen LogP contribution in [0.3, 0.4) is 0 Å². The lowest BCUT2D eigenvalue weighted by molar-refractivity contribution is 1.37. The van der Waals surface area contributed by atoms with Crippen LogP contribution in [-0.2, 0) is 0 Å². The molecule has 0 saturated heterocycles. The second-order valence-electron chi connectivity index (χ2n) is 2.10. The summed E-state index contributed by atoms with van der Waals surface area (Å²) < 4.78 is 2.33. The van der Waals surface area contributed by atoms with Crippen LogP contribution in [0, 0.1) is 0 Å². The lowest BCUT2D eigenvalue weighted by Gasteiger charge is -1.81. The number of pyridine rings is 1. The molecule has 0 saturated carbocycles. The first-order valence-electron chi connectivity index (χ1n) is 3.10. The predicted octanol–water partition coefficient (Wildman–Crippen LogP) is 2.26. The molecule has 2 aromatic heterocycles. The first kappa shape index (κ1) is 7.09. The van der Waals surface area contributed by atoms with E-state index >= 15 is 0 Å². The fourth-order valence-corrected chi connectivity index (χ4v) is 2.34. The number of hydrogen-bond donors (Lipinski definition) is 1. The molecule has 2 N–H and O–H groups in total. The average Bonchev–Trinajstić information content (AvgIpc) is 2.46. The van der Waals surface area contributed by atoms with Gasteiger partial charge in [-0.15, -0.1) is 11.3 Å². The van der Waals surface area contributed by atoms with Crippen molar-refractivity contribution >= 4 is 33.4 Å². The highest BCUT2D eigenvalue weighted by atomic mass is 32.2. The summed E-state index contributed by atoms with van der Waals surface area (Å²) in [4.78, 5) is 4.02. The van der Waals surface area contributed by atoms with Crippen LogP contribution in [0.1, 0.15) is 0 Å². The molecule has 2 heterocycles. The van der Waals surface area contributed by atoms with Gasteiger partial charge in [0.1, 0.15) is 0 Å². The zero-order valence-electron chi connectivity index (χ0n) is 5.65. The van der Waals surface area contributed by atoms with Crippen LogP contribution in [-0.4, -0.2) is 4.98 Å². The summed E-state index contributed by atoms with van der Waals surface area (Å²) >= 11 is 2.96. The largest absolute Gasteiger partial charge is 0.273 e. The quantitative estimate of drug-likeness (QED) is 0.687. The number of fused-ring (bicyclic) bond motifs is 1. The van der Waals surface area contributed by atoms with Crippen molar-refractivity contribution in [3.05, 3.63) is 24.5 Å². The second kappa shape index (κ2) is 2.81. The zero-order valence-corrected chi connectivity index (χ0v) is 7.28. The van der Waals surface area contributed by atoms with Crippen LogP contribution in [0.2, 0.25) is 0 Å². The Morgan fingerprint density at radius 1 is 1.55 bits per heavy atom. The van der Waals surface area contributed by atoms with E-state index in [1.807, 2.05) is 12.3 Å². The SMILES string of the molecule is NSc1cc2ccncc2s1. The fourth-order valence-electron chi connectivity index (χ4n) is 0.918. The van der Waals surface area contributed by atoms with Gasteiger partial charge in [0.05, 0.1) is 8.91 Å². The Morgan fingerprint density at radius 2 is 2.45 bits per heavy atom. The summed E-state index contributed by atoms with van der Waals surface area (Å²) in [5.74, 6) is 0. The monoisotopic (exact) mass is 182 g/mol. The molecule has 11 heavy (non-hydrogen) atoms. The van der Waals surface area contributed by atoms with Crippen molar-refractivity contribution in [3.8, 4) is 0 Å². The Hall–Kier alpha value is -0.580. The zero-order chi connectivity index (χ0) is 7.68. The predicted molar refractivity (Wildman–Crippen MR) is 49.7 cm³/mol. The van der Waals surface area contributed by atoms with Crippen molar-refractivity contribution in [1.82, 2.24) is 4.98 Å². The van der Waals surface area contributed by atoms with Crippen molar-refractivity contribution in [2.24, 2.45) is 5.14 Å². The molecule has 0 amide bonds. The highest BCUT2D eigenvalue weighted by Gasteiger charge is 1.98. The Bertz CT molecular complexity index is 336. The average molecular weight is 182 g/mol. The number of nitrogens with zero attached hydrogens (tertiary/aromatic N) is 1. The molecule has 0 spiro atoms. The topological polar surface area (TPSA) is 38.9 Å². The van der Waals surface area contributed by atoms with Crippen molar-refractivity contribution in [1.29, 1.82) is 0 Å². The maximum absolute atomic E-state index is 5.42. The van der Waals surface area contributed by atoms with Crippen molar-refractivity contribution in [3.63, 3.8) is 0 Å². The second-order valence-corrected chi connectivity index (χ2v) is 4.11. The molecule has 2 rings (SSSR count). The molecule has 0 atom stereocenters. The Labute approximate surface area is 72.6 Å². The van der Waals surface area contributed by atoms with E-state index in [1.165, 1.54) is 22.0 Å². The lowest BCUT2D eigenvalue weighted by atomic mass is 10.3. The lowest BCUT2D eigenvalue weighted by Crippen LogP contribution is -1.70. The normalized spacial score (nSPS) is 10.6. The molecule has 0 unspecified atom stereocenters. The fraction of sp³-hybridized carbons (Fsp3) is 0. The van der Waals surface area contributed by atoms with Gasteiger partial charge < -0.3 is 0 Å². The summed E-state index contributed by atoms with van der Waals surface area (Å²) in [6, 6.07) is 4.07. The van der Waals surface area contributed by atoms with Gasteiger partial charge in [-0.05, 0) is 29.5 Å². The van der Waals surface area contributed by atoms with Gasteiger partial charge in [-0.1, -0.05) is 0 Å². The Morgan fingerprint density at radius 3 is 3.18 bits per heavy atom. The van der Waals surface area contributed by atoms with Gasteiger partial charge in [0, 0.05) is 12.4 Å². The minimum absolute atomic E-state index is 1.13. The molecular formula is C7H6N2S2. The van der Waals surface area contributed by atoms with Crippen LogP contribution < -0.4 is 5.14 Å². The van der Waals surface area contributed by atoms with Gasteiger partial charge in [0.25, 0.3) is 0 Å². The number of nitrogens with two attached hydrogens (primary N) is 1. The van der Waals surface area contributed by atoms with E-state index < -0.39 is 0 Å². The van der Waals surface area contributed by atoms with Crippen LogP contribution in [0.25, 0.3) is 10.1 Å². The van der Waals surface area contributed by atoms with Gasteiger partial charge in [0.2, 0.25) is 0 Å². The van der Waals surface area contributed by atoms with Crippen LogP contribution >= 0.6 is 23.3 Å². The van der Waals surface area contributed by atoms with Gasteiger partial charge in [-0.3, -0.25) is 10.1 Å². The summed E-state index contributed by atoms with van der Waals surface area (Å²) in [6.45, 7) is 0. The molecule has 2 aromatic rings. The number of rotatable bonds is 1. The van der Waals surface area contributed by atoms with Crippen molar-refractivity contribution in [2.45, 2.75) is 4.21 Å². The first-order valence-corrected chi connectivity index (χ1v) is 4.80. The third-order valence-electron chi connectivity index (χ3n) is 1.42. The van der Waals surface area contributed by atoms with Crippen LogP contribution in [0.5, 0.6) is 0 Å². The van der Waals surface area contributed by atoms with Crippen molar-refractivity contribution < 1.29 is 0 Å².